The summed E-state index contributed by atoms with van der Waals surface area (Å²) in [5.41, 5.74) is 10.4. The van der Waals surface area contributed by atoms with Crippen molar-refractivity contribution in [3.63, 3.8) is 0 Å². The standard InChI is InChI=1S/C28H31FN6O2/c1-16(2)27(36)33-19-10-11-20(21(29)14-19)24-22(23-25(30)31-15-32-26(23)34(24)3)17-6-8-18(9-7-17)28(37)35-12-4-5-13-35/h6,10-11,14-15,18H,1,4-5,7-9,12-13H2,2-3H3,(H,33,36)(H2,30,31,32)/t18-/m0/s1. The second kappa shape index (κ2) is 9.80. The third kappa shape index (κ3) is 4.50. The van der Waals surface area contributed by atoms with E-state index in [0.717, 1.165) is 43.5 Å². The molecule has 1 aliphatic carbocycles. The van der Waals surface area contributed by atoms with Crippen molar-refractivity contribution in [3.05, 3.63) is 54.1 Å². The molecule has 1 saturated heterocycles. The summed E-state index contributed by atoms with van der Waals surface area (Å²) < 4.78 is 17.4. The van der Waals surface area contributed by atoms with Crippen LogP contribution in [0.15, 0.2) is 42.8 Å². The van der Waals surface area contributed by atoms with E-state index in [4.69, 9.17) is 5.73 Å². The average Bonchev–Trinajstić information content (AvgIpc) is 3.52. The molecule has 1 aliphatic heterocycles. The minimum Gasteiger partial charge on any atom is -0.383 e. The zero-order valence-electron chi connectivity index (χ0n) is 21.2. The maximum Gasteiger partial charge on any atom is 0.250 e. The third-order valence-electron chi connectivity index (χ3n) is 7.37. The lowest BCUT2D eigenvalue weighted by Crippen LogP contribution is -2.34. The molecule has 0 spiro atoms. The SMILES string of the molecule is C=C(C)C(=O)Nc1ccc(-c2c(C3=CC[C@H](C(=O)N4CCCC4)CC3)c3c(N)ncnc3n2C)c(F)c1. The van der Waals surface area contributed by atoms with E-state index in [-0.39, 0.29) is 17.7 Å². The van der Waals surface area contributed by atoms with Crippen LogP contribution >= 0.6 is 0 Å². The Labute approximate surface area is 215 Å². The number of halogens is 1. The molecule has 0 unspecified atom stereocenters. The zero-order chi connectivity index (χ0) is 26.3. The normalized spacial score (nSPS) is 17.6. The Kier molecular flexibility index (Phi) is 6.54. The van der Waals surface area contributed by atoms with Crippen molar-refractivity contribution in [2.75, 3.05) is 24.1 Å². The number of aromatic nitrogens is 3. The van der Waals surface area contributed by atoms with Gasteiger partial charge in [-0.2, -0.15) is 0 Å². The van der Waals surface area contributed by atoms with Crippen LogP contribution in [-0.4, -0.2) is 44.3 Å². The number of nitrogens with two attached hydrogens (primary N) is 1. The first-order valence-corrected chi connectivity index (χ1v) is 12.6. The minimum absolute atomic E-state index is 0.0400. The molecule has 1 fully saturated rings. The van der Waals surface area contributed by atoms with Crippen LogP contribution in [-0.2, 0) is 16.6 Å². The Morgan fingerprint density at radius 2 is 1.97 bits per heavy atom. The minimum atomic E-state index is -0.489. The van der Waals surface area contributed by atoms with E-state index in [2.05, 4.69) is 27.9 Å². The number of hydrogen-bond donors (Lipinski definition) is 2. The molecule has 8 nitrogen and oxygen atoms in total. The molecule has 5 rings (SSSR count). The molecule has 0 bridgehead atoms. The van der Waals surface area contributed by atoms with Gasteiger partial charge >= 0.3 is 0 Å². The molecule has 1 aromatic carbocycles. The number of benzene rings is 1. The summed E-state index contributed by atoms with van der Waals surface area (Å²) in [4.78, 5) is 35.6. The maximum absolute atomic E-state index is 15.6. The van der Waals surface area contributed by atoms with E-state index in [1.807, 2.05) is 16.5 Å². The lowest BCUT2D eigenvalue weighted by molar-refractivity contribution is -0.134. The molecule has 3 N–H and O–H groups in total. The molecule has 192 valence electrons. The van der Waals surface area contributed by atoms with E-state index in [0.29, 0.717) is 52.2 Å². The Morgan fingerprint density at radius 1 is 1.22 bits per heavy atom. The van der Waals surface area contributed by atoms with Crippen LogP contribution in [0.4, 0.5) is 15.9 Å². The largest absolute Gasteiger partial charge is 0.383 e. The van der Waals surface area contributed by atoms with E-state index in [1.54, 1.807) is 19.1 Å². The van der Waals surface area contributed by atoms with Gasteiger partial charge in [-0.05, 0) is 62.8 Å². The molecular formula is C28H31FN6O2. The molecule has 3 heterocycles. The number of rotatable bonds is 5. The van der Waals surface area contributed by atoms with Gasteiger partial charge in [0.1, 0.15) is 23.6 Å². The summed E-state index contributed by atoms with van der Waals surface area (Å²) in [5, 5.41) is 3.33. The number of carbonyl (C=O) groups excluding carboxylic acids is 2. The van der Waals surface area contributed by atoms with E-state index in [1.165, 1.54) is 12.4 Å². The first kappa shape index (κ1) is 24.7. The molecule has 0 saturated carbocycles. The van der Waals surface area contributed by atoms with Crippen molar-refractivity contribution in [2.45, 2.75) is 39.0 Å². The van der Waals surface area contributed by atoms with Gasteiger partial charge in [0.15, 0.2) is 0 Å². The van der Waals surface area contributed by atoms with Gasteiger partial charge < -0.3 is 20.5 Å². The number of allylic oxidation sites excluding steroid dienone is 2. The molecule has 9 heteroatoms. The van der Waals surface area contributed by atoms with Crippen molar-refractivity contribution in [3.8, 4) is 11.3 Å². The topological polar surface area (TPSA) is 106 Å². The van der Waals surface area contributed by atoms with Crippen LogP contribution in [0.1, 0.15) is 44.6 Å². The van der Waals surface area contributed by atoms with Crippen molar-refractivity contribution >= 4 is 39.9 Å². The monoisotopic (exact) mass is 502 g/mol. The second-order valence-electron chi connectivity index (χ2n) is 9.90. The highest BCUT2D eigenvalue weighted by Gasteiger charge is 2.31. The molecule has 2 aromatic heterocycles. The van der Waals surface area contributed by atoms with Gasteiger partial charge in [0, 0.05) is 48.4 Å². The summed E-state index contributed by atoms with van der Waals surface area (Å²) in [6.45, 7) is 6.90. The quantitative estimate of drug-likeness (QED) is 0.493. The number of amides is 2. The number of likely N-dealkylation sites (tertiary alicyclic amines) is 1. The number of fused-ring (bicyclic) bond motifs is 1. The van der Waals surface area contributed by atoms with Crippen LogP contribution in [0, 0.1) is 11.7 Å². The van der Waals surface area contributed by atoms with E-state index in [9.17, 15) is 9.59 Å². The van der Waals surface area contributed by atoms with Crippen LogP contribution in [0.5, 0.6) is 0 Å². The number of nitrogens with one attached hydrogen (secondary N) is 1. The Morgan fingerprint density at radius 3 is 2.62 bits per heavy atom. The number of hydrogen-bond acceptors (Lipinski definition) is 5. The van der Waals surface area contributed by atoms with Crippen LogP contribution < -0.4 is 11.1 Å². The maximum atomic E-state index is 15.6. The number of aryl methyl sites for hydroxylation is 1. The summed E-state index contributed by atoms with van der Waals surface area (Å²) >= 11 is 0. The van der Waals surface area contributed by atoms with Crippen LogP contribution in [0.3, 0.4) is 0 Å². The van der Waals surface area contributed by atoms with Crippen molar-refractivity contribution < 1.29 is 14.0 Å². The highest BCUT2D eigenvalue weighted by atomic mass is 19.1. The summed E-state index contributed by atoms with van der Waals surface area (Å²) in [6.07, 6.45) is 7.64. The fourth-order valence-electron chi connectivity index (χ4n) is 5.41. The van der Waals surface area contributed by atoms with Gasteiger partial charge in [-0.15, -0.1) is 0 Å². The van der Waals surface area contributed by atoms with Gasteiger partial charge in [0.05, 0.1) is 11.1 Å². The lowest BCUT2D eigenvalue weighted by atomic mass is 9.84. The van der Waals surface area contributed by atoms with Gasteiger partial charge in [0.25, 0.3) is 5.91 Å². The smallest absolute Gasteiger partial charge is 0.250 e. The van der Waals surface area contributed by atoms with Crippen LogP contribution in [0.2, 0.25) is 0 Å². The van der Waals surface area contributed by atoms with Crippen molar-refractivity contribution in [1.29, 1.82) is 0 Å². The third-order valence-corrected chi connectivity index (χ3v) is 7.37. The summed E-state index contributed by atoms with van der Waals surface area (Å²) in [5.74, 6) is -0.347. The first-order valence-electron chi connectivity index (χ1n) is 12.6. The van der Waals surface area contributed by atoms with Crippen molar-refractivity contribution in [2.24, 2.45) is 13.0 Å². The fourth-order valence-corrected chi connectivity index (χ4v) is 5.41. The molecule has 0 radical (unpaired) electrons. The molecule has 1 atom stereocenters. The molecule has 2 amide bonds. The summed E-state index contributed by atoms with van der Waals surface area (Å²) in [7, 11) is 1.83. The lowest BCUT2D eigenvalue weighted by Gasteiger charge is -2.26. The number of anilines is 2. The van der Waals surface area contributed by atoms with Gasteiger partial charge in [-0.1, -0.05) is 12.7 Å². The number of nitrogens with zero attached hydrogens (tertiary/aromatic N) is 4. The Balaban J connectivity index is 1.56. The van der Waals surface area contributed by atoms with E-state index < -0.39 is 5.82 Å². The molecule has 3 aromatic rings. The fraction of sp³-hybridized carbons (Fsp3) is 0.357. The Hall–Kier alpha value is -4.01. The number of nitrogen functional groups attached to an aromatic ring is 1. The van der Waals surface area contributed by atoms with Gasteiger partial charge in [-0.25, -0.2) is 14.4 Å². The van der Waals surface area contributed by atoms with Crippen LogP contribution in [0.25, 0.3) is 27.9 Å². The number of carbonyl (C=O) groups is 2. The predicted octanol–water partition coefficient (Wildman–Crippen LogP) is 4.68. The van der Waals surface area contributed by atoms with Gasteiger partial charge in [-0.3, -0.25) is 9.59 Å². The highest BCUT2D eigenvalue weighted by Crippen LogP contribution is 2.43. The highest BCUT2D eigenvalue weighted by molar-refractivity contribution is 6.05. The van der Waals surface area contributed by atoms with Crippen molar-refractivity contribution in [1.82, 2.24) is 19.4 Å². The molecule has 2 aliphatic rings. The second-order valence-corrected chi connectivity index (χ2v) is 9.90. The van der Waals surface area contributed by atoms with Gasteiger partial charge in [0.2, 0.25) is 5.91 Å². The Bertz CT molecular complexity index is 1450. The molecule has 37 heavy (non-hydrogen) atoms. The zero-order valence-corrected chi connectivity index (χ0v) is 21.2. The molecular weight excluding hydrogens is 471 g/mol. The summed E-state index contributed by atoms with van der Waals surface area (Å²) in [6, 6.07) is 4.61. The average molecular weight is 503 g/mol. The van der Waals surface area contributed by atoms with E-state index >= 15 is 4.39 Å². The first-order chi connectivity index (χ1) is 17.8. The predicted molar refractivity (Wildman–Crippen MR) is 143 cm³/mol.